The molecule has 2 N–H and O–H groups in total. The number of hydrogen-bond acceptors (Lipinski definition) is 5. The number of pyridine rings is 1. The van der Waals surface area contributed by atoms with Gasteiger partial charge in [-0.05, 0) is 48.6 Å². The first-order valence-corrected chi connectivity index (χ1v) is 12.2. The largest absolute Gasteiger partial charge is 0.497 e. The van der Waals surface area contributed by atoms with Crippen LogP contribution < -0.4 is 15.4 Å². The number of ether oxygens (including phenoxy) is 1. The Labute approximate surface area is 198 Å². The molecule has 7 heteroatoms. The quantitative estimate of drug-likeness (QED) is 0.448. The van der Waals surface area contributed by atoms with Crippen LogP contribution in [0.15, 0.2) is 59.6 Å². The fourth-order valence-corrected chi connectivity index (χ4v) is 4.43. The number of fused-ring (bicyclic) bond motifs is 1. The fraction of sp³-hybridized carbons (Fsp3) is 0.346. The Bertz CT molecular complexity index is 1140. The highest BCUT2D eigenvalue weighted by molar-refractivity contribution is 7.99. The van der Waals surface area contributed by atoms with Crippen LogP contribution in [0.4, 0.5) is 0 Å². The molecule has 1 fully saturated rings. The van der Waals surface area contributed by atoms with Crippen LogP contribution in [0.3, 0.4) is 0 Å². The standard InChI is InChI=1S/C26H29N3O3S/c1-16(2)25(17-8-12-19(32-3)13-9-17)29-23(30)15-33-24-14-21(26(31)27-18-10-11-18)20-6-4-5-7-22(20)28-24/h4-9,12-14,16,18,25H,10-11,15H2,1-3H3,(H,27,31)(H,29,30). The van der Waals surface area contributed by atoms with Gasteiger partial charge >= 0.3 is 0 Å². The molecule has 1 aromatic heterocycles. The second-order valence-corrected chi connectivity index (χ2v) is 9.62. The van der Waals surface area contributed by atoms with E-state index in [1.165, 1.54) is 11.8 Å². The van der Waals surface area contributed by atoms with E-state index in [9.17, 15) is 9.59 Å². The summed E-state index contributed by atoms with van der Waals surface area (Å²) in [7, 11) is 1.63. The molecule has 2 amide bonds. The number of para-hydroxylation sites is 1. The maximum Gasteiger partial charge on any atom is 0.252 e. The van der Waals surface area contributed by atoms with E-state index in [-0.39, 0.29) is 35.6 Å². The van der Waals surface area contributed by atoms with Gasteiger partial charge in [0.05, 0.1) is 35.0 Å². The fourth-order valence-electron chi connectivity index (χ4n) is 3.70. The van der Waals surface area contributed by atoms with Crippen molar-refractivity contribution in [1.29, 1.82) is 0 Å². The highest BCUT2D eigenvalue weighted by Crippen LogP contribution is 2.27. The van der Waals surface area contributed by atoms with Crippen molar-refractivity contribution in [1.82, 2.24) is 15.6 Å². The smallest absolute Gasteiger partial charge is 0.252 e. The van der Waals surface area contributed by atoms with E-state index in [0.29, 0.717) is 10.6 Å². The molecular formula is C26H29N3O3S. The average molecular weight is 464 g/mol. The van der Waals surface area contributed by atoms with Crippen LogP contribution in [0.2, 0.25) is 0 Å². The highest BCUT2D eigenvalue weighted by atomic mass is 32.2. The Morgan fingerprint density at radius 2 is 1.85 bits per heavy atom. The van der Waals surface area contributed by atoms with E-state index >= 15 is 0 Å². The van der Waals surface area contributed by atoms with Crippen LogP contribution in [0, 0.1) is 5.92 Å². The van der Waals surface area contributed by atoms with Crippen molar-refractivity contribution in [2.75, 3.05) is 12.9 Å². The number of carbonyl (C=O) groups is 2. The summed E-state index contributed by atoms with van der Waals surface area (Å²) in [6, 6.07) is 17.3. The Morgan fingerprint density at radius 3 is 2.52 bits per heavy atom. The summed E-state index contributed by atoms with van der Waals surface area (Å²) in [6.07, 6.45) is 2.06. The molecule has 6 nitrogen and oxygen atoms in total. The Balaban J connectivity index is 1.46. The molecule has 4 rings (SSSR count). The van der Waals surface area contributed by atoms with Crippen molar-refractivity contribution in [3.8, 4) is 5.75 Å². The number of nitrogens with zero attached hydrogens (tertiary/aromatic N) is 1. The maximum atomic E-state index is 12.8. The third kappa shape index (κ3) is 5.85. The van der Waals surface area contributed by atoms with Crippen molar-refractivity contribution in [2.24, 2.45) is 5.92 Å². The number of rotatable bonds is 9. The van der Waals surface area contributed by atoms with Crippen LogP contribution in [0.1, 0.15) is 48.7 Å². The molecule has 0 radical (unpaired) electrons. The SMILES string of the molecule is COc1ccc(C(NC(=O)CSc2cc(C(=O)NC3CC3)c3ccccc3n2)C(C)C)cc1. The van der Waals surface area contributed by atoms with Gasteiger partial charge in [-0.25, -0.2) is 4.98 Å². The van der Waals surface area contributed by atoms with Gasteiger partial charge < -0.3 is 15.4 Å². The predicted octanol–water partition coefficient (Wildman–Crippen LogP) is 4.74. The van der Waals surface area contributed by atoms with Crippen LogP contribution in [-0.2, 0) is 4.79 Å². The van der Waals surface area contributed by atoms with Gasteiger partial charge in [-0.3, -0.25) is 9.59 Å². The number of benzene rings is 2. The zero-order valence-electron chi connectivity index (χ0n) is 19.1. The lowest BCUT2D eigenvalue weighted by Gasteiger charge is -2.23. The third-order valence-electron chi connectivity index (χ3n) is 5.66. The predicted molar refractivity (Wildman–Crippen MR) is 132 cm³/mol. The molecule has 1 unspecified atom stereocenters. The number of aromatic nitrogens is 1. The van der Waals surface area contributed by atoms with Crippen LogP contribution in [0.25, 0.3) is 10.9 Å². The molecular weight excluding hydrogens is 434 g/mol. The Kier molecular flexibility index (Phi) is 7.18. The lowest BCUT2D eigenvalue weighted by Crippen LogP contribution is -2.33. The molecule has 1 saturated carbocycles. The molecule has 172 valence electrons. The molecule has 1 aliphatic carbocycles. The van der Waals surface area contributed by atoms with E-state index in [0.717, 1.165) is 35.1 Å². The molecule has 0 spiro atoms. The summed E-state index contributed by atoms with van der Waals surface area (Å²) >= 11 is 1.34. The van der Waals surface area contributed by atoms with Crippen LogP contribution >= 0.6 is 11.8 Å². The van der Waals surface area contributed by atoms with E-state index in [2.05, 4.69) is 29.5 Å². The molecule has 0 aliphatic heterocycles. The van der Waals surface area contributed by atoms with E-state index in [1.807, 2.05) is 48.5 Å². The molecule has 1 aliphatic rings. The van der Waals surface area contributed by atoms with Gasteiger partial charge in [0.2, 0.25) is 5.91 Å². The minimum absolute atomic E-state index is 0.0755. The molecule has 0 bridgehead atoms. The lowest BCUT2D eigenvalue weighted by atomic mass is 9.96. The highest BCUT2D eigenvalue weighted by Gasteiger charge is 2.25. The van der Waals surface area contributed by atoms with E-state index < -0.39 is 0 Å². The van der Waals surface area contributed by atoms with Gasteiger partial charge in [0.15, 0.2) is 0 Å². The third-order valence-corrected chi connectivity index (χ3v) is 6.57. The number of carbonyl (C=O) groups excluding carboxylic acids is 2. The monoisotopic (exact) mass is 463 g/mol. The minimum Gasteiger partial charge on any atom is -0.497 e. The first kappa shape index (κ1) is 23.1. The lowest BCUT2D eigenvalue weighted by molar-refractivity contribution is -0.119. The minimum atomic E-state index is -0.103. The van der Waals surface area contributed by atoms with Gasteiger partial charge in [0.1, 0.15) is 5.75 Å². The molecule has 3 aromatic rings. The molecule has 33 heavy (non-hydrogen) atoms. The maximum absolute atomic E-state index is 12.8. The normalized spacial score (nSPS) is 14.2. The van der Waals surface area contributed by atoms with Gasteiger partial charge in [-0.2, -0.15) is 0 Å². The summed E-state index contributed by atoms with van der Waals surface area (Å²) < 4.78 is 5.23. The number of hydrogen-bond donors (Lipinski definition) is 2. The van der Waals surface area contributed by atoms with E-state index in [1.54, 1.807) is 13.2 Å². The van der Waals surface area contributed by atoms with E-state index in [4.69, 9.17) is 4.74 Å². The van der Waals surface area contributed by atoms with Gasteiger partial charge in [0, 0.05) is 11.4 Å². The number of nitrogens with one attached hydrogen (secondary N) is 2. The zero-order chi connectivity index (χ0) is 23.4. The van der Waals surface area contributed by atoms with Crippen molar-refractivity contribution in [3.05, 3.63) is 65.7 Å². The number of amides is 2. The molecule has 2 aromatic carbocycles. The van der Waals surface area contributed by atoms with Crippen molar-refractivity contribution >= 4 is 34.5 Å². The second kappa shape index (κ2) is 10.3. The van der Waals surface area contributed by atoms with Crippen molar-refractivity contribution < 1.29 is 14.3 Å². The summed E-state index contributed by atoms with van der Waals surface area (Å²) in [5.41, 5.74) is 2.39. The summed E-state index contributed by atoms with van der Waals surface area (Å²) in [5, 5.41) is 7.68. The zero-order valence-corrected chi connectivity index (χ0v) is 19.9. The van der Waals surface area contributed by atoms with Gasteiger partial charge in [0.25, 0.3) is 5.91 Å². The second-order valence-electron chi connectivity index (χ2n) is 8.62. The first-order chi connectivity index (χ1) is 15.9. The van der Waals surface area contributed by atoms with Gasteiger partial charge in [-0.1, -0.05) is 55.9 Å². The summed E-state index contributed by atoms with van der Waals surface area (Å²) in [5.74, 6) is 1.07. The van der Waals surface area contributed by atoms with Crippen molar-refractivity contribution in [2.45, 2.75) is 43.8 Å². The molecule has 0 saturated heterocycles. The van der Waals surface area contributed by atoms with Crippen LogP contribution in [-0.4, -0.2) is 35.7 Å². The first-order valence-electron chi connectivity index (χ1n) is 11.2. The summed E-state index contributed by atoms with van der Waals surface area (Å²) in [4.78, 5) is 30.3. The average Bonchev–Trinajstić information content (AvgIpc) is 3.64. The Morgan fingerprint density at radius 1 is 1.12 bits per heavy atom. The number of methoxy groups -OCH3 is 1. The Hall–Kier alpha value is -3.06. The molecule has 1 atom stereocenters. The molecule has 1 heterocycles. The number of thioether (sulfide) groups is 1. The topological polar surface area (TPSA) is 80.3 Å². The van der Waals surface area contributed by atoms with Crippen molar-refractivity contribution in [3.63, 3.8) is 0 Å². The summed E-state index contributed by atoms with van der Waals surface area (Å²) in [6.45, 7) is 4.16. The van der Waals surface area contributed by atoms with Crippen LogP contribution in [0.5, 0.6) is 5.75 Å². The van der Waals surface area contributed by atoms with Gasteiger partial charge in [-0.15, -0.1) is 0 Å².